The lowest BCUT2D eigenvalue weighted by Crippen LogP contribution is -2.42. The molecule has 0 N–H and O–H groups in total. The molecule has 22 heavy (non-hydrogen) atoms. The van der Waals surface area contributed by atoms with Gasteiger partial charge >= 0.3 is 5.97 Å². The minimum Gasteiger partial charge on any atom is -0.468 e. The van der Waals surface area contributed by atoms with Crippen molar-refractivity contribution in [1.29, 1.82) is 0 Å². The lowest BCUT2D eigenvalue weighted by Gasteiger charge is -2.31. The van der Waals surface area contributed by atoms with Crippen LogP contribution in [0.1, 0.15) is 17.5 Å². The highest BCUT2D eigenvalue weighted by Gasteiger charge is 2.59. The van der Waals surface area contributed by atoms with Gasteiger partial charge in [-0.15, -0.1) is 0 Å². The Morgan fingerprint density at radius 1 is 1.59 bits per heavy atom. The minimum absolute atomic E-state index is 0.00248. The third kappa shape index (κ3) is 2.52. The molecule has 1 aliphatic heterocycles. The van der Waals surface area contributed by atoms with Crippen molar-refractivity contribution >= 4 is 19.3 Å². The van der Waals surface area contributed by atoms with Crippen LogP contribution in [-0.2, 0) is 26.3 Å². The van der Waals surface area contributed by atoms with E-state index in [0.29, 0.717) is 5.56 Å². The molecule has 1 spiro atoms. The van der Waals surface area contributed by atoms with Gasteiger partial charge in [0.25, 0.3) is 0 Å². The Balaban J connectivity index is 1.97. The van der Waals surface area contributed by atoms with Crippen LogP contribution in [0.5, 0.6) is 0 Å². The summed E-state index contributed by atoms with van der Waals surface area (Å²) in [5, 5.41) is 0. The molecule has 7 heteroatoms. The fourth-order valence-electron chi connectivity index (χ4n) is 3.13. The molecule has 1 fully saturated rings. The van der Waals surface area contributed by atoms with Crippen molar-refractivity contribution in [1.82, 2.24) is 4.90 Å². The SMILES string of the molecule is [B]c1ccc2c(c1F)[C@]1(C[C@@H]1F)CN(CC(=O)OC)COC2. The average molecular weight is 307 g/mol. The summed E-state index contributed by atoms with van der Waals surface area (Å²) in [6.07, 6.45) is -0.932. The summed E-state index contributed by atoms with van der Waals surface area (Å²) in [6.45, 7) is 0.481. The summed E-state index contributed by atoms with van der Waals surface area (Å²) in [5.74, 6) is -1.02. The third-order valence-electron chi connectivity index (χ3n) is 4.36. The molecule has 3 rings (SSSR count). The first-order valence-electron chi connectivity index (χ1n) is 7.06. The number of methoxy groups -OCH3 is 1. The fourth-order valence-corrected chi connectivity index (χ4v) is 3.13. The van der Waals surface area contributed by atoms with Crippen LogP contribution in [0.4, 0.5) is 8.78 Å². The normalized spacial score (nSPS) is 27.9. The van der Waals surface area contributed by atoms with Crippen molar-refractivity contribution in [2.75, 3.05) is 26.9 Å². The maximum Gasteiger partial charge on any atom is 0.319 e. The Hall–Kier alpha value is -1.47. The van der Waals surface area contributed by atoms with Gasteiger partial charge in [0.2, 0.25) is 0 Å². The third-order valence-corrected chi connectivity index (χ3v) is 4.36. The van der Waals surface area contributed by atoms with Gasteiger partial charge in [0.15, 0.2) is 0 Å². The molecule has 0 bridgehead atoms. The second-order valence-electron chi connectivity index (χ2n) is 5.87. The second kappa shape index (κ2) is 5.63. The number of carbonyl (C=O) groups is 1. The van der Waals surface area contributed by atoms with Gasteiger partial charge in [0.05, 0.1) is 27.0 Å². The molecule has 2 radical (unpaired) electrons. The highest BCUT2D eigenvalue weighted by Crippen LogP contribution is 2.53. The molecular weight excluding hydrogens is 291 g/mol. The first-order valence-corrected chi connectivity index (χ1v) is 7.06. The van der Waals surface area contributed by atoms with E-state index in [2.05, 4.69) is 4.74 Å². The van der Waals surface area contributed by atoms with Crippen LogP contribution in [0.3, 0.4) is 0 Å². The molecule has 1 aromatic rings. The van der Waals surface area contributed by atoms with Crippen molar-refractivity contribution in [3.63, 3.8) is 0 Å². The number of benzene rings is 1. The molecule has 2 atom stereocenters. The molecule has 1 aliphatic carbocycles. The van der Waals surface area contributed by atoms with Gasteiger partial charge in [0.1, 0.15) is 19.8 Å². The van der Waals surface area contributed by atoms with Gasteiger partial charge in [-0.2, -0.15) is 0 Å². The van der Waals surface area contributed by atoms with Crippen molar-refractivity contribution in [3.8, 4) is 0 Å². The smallest absolute Gasteiger partial charge is 0.319 e. The van der Waals surface area contributed by atoms with E-state index in [4.69, 9.17) is 12.6 Å². The lowest BCUT2D eigenvalue weighted by molar-refractivity contribution is -0.144. The Labute approximate surface area is 128 Å². The summed E-state index contributed by atoms with van der Waals surface area (Å²) in [7, 11) is 6.92. The highest BCUT2D eigenvalue weighted by atomic mass is 19.1. The minimum atomic E-state index is -1.15. The van der Waals surface area contributed by atoms with Crippen molar-refractivity contribution in [2.45, 2.75) is 24.6 Å². The van der Waals surface area contributed by atoms with Crippen LogP contribution in [0.2, 0.25) is 0 Å². The molecule has 1 aromatic carbocycles. The molecule has 116 valence electrons. The van der Waals surface area contributed by atoms with Crippen LogP contribution < -0.4 is 5.46 Å². The number of halogens is 2. The Morgan fingerprint density at radius 3 is 2.95 bits per heavy atom. The summed E-state index contributed by atoms with van der Waals surface area (Å²) >= 11 is 0. The van der Waals surface area contributed by atoms with Gasteiger partial charge in [-0.1, -0.05) is 17.6 Å². The molecule has 0 saturated heterocycles. The largest absolute Gasteiger partial charge is 0.468 e. The van der Waals surface area contributed by atoms with Crippen LogP contribution >= 0.6 is 0 Å². The van der Waals surface area contributed by atoms with Gasteiger partial charge in [-0.25, -0.2) is 8.78 Å². The maximum absolute atomic E-state index is 14.5. The Morgan fingerprint density at radius 2 is 2.32 bits per heavy atom. The number of rotatable bonds is 2. The fraction of sp³-hybridized carbons (Fsp3) is 0.533. The highest BCUT2D eigenvalue weighted by molar-refractivity contribution is 6.32. The predicted octanol–water partition coefficient (Wildman–Crippen LogP) is 0.562. The number of hydrogen-bond donors (Lipinski definition) is 0. The monoisotopic (exact) mass is 307 g/mol. The quantitative estimate of drug-likeness (QED) is 0.591. The molecule has 0 amide bonds. The van der Waals surface area contributed by atoms with Crippen molar-refractivity contribution in [2.24, 2.45) is 0 Å². The van der Waals surface area contributed by atoms with Gasteiger partial charge in [0, 0.05) is 17.5 Å². The zero-order valence-corrected chi connectivity index (χ0v) is 12.3. The number of fused-ring (bicyclic) bond motifs is 2. The van der Waals surface area contributed by atoms with Crippen molar-refractivity contribution < 1.29 is 23.0 Å². The summed E-state index contributed by atoms with van der Waals surface area (Å²) in [4.78, 5) is 13.1. The first-order chi connectivity index (χ1) is 10.5. The molecule has 0 aromatic heterocycles. The second-order valence-corrected chi connectivity index (χ2v) is 5.87. The van der Waals surface area contributed by atoms with E-state index in [1.54, 1.807) is 11.0 Å². The summed E-state index contributed by atoms with van der Waals surface area (Å²) < 4.78 is 38.8. The standard InChI is InChI=1S/C15H16BF2NO3/c1-21-12(20)5-19-7-15(4-11(15)17)13-9(6-22-8-19)2-3-10(16)14(13)18/h2-3,11H,4-8H2,1H3/t11-,15+/m0/s1. The molecule has 0 unspecified atom stereocenters. The topological polar surface area (TPSA) is 38.8 Å². The average Bonchev–Trinajstić information content (AvgIpc) is 3.11. The van der Waals surface area contributed by atoms with E-state index in [1.807, 2.05) is 0 Å². The molecule has 1 saturated carbocycles. The number of hydrogen-bond acceptors (Lipinski definition) is 4. The molecule has 2 aliphatic rings. The zero-order chi connectivity index (χ0) is 15.9. The van der Waals surface area contributed by atoms with Gasteiger partial charge < -0.3 is 9.47 Å². The van der Waals surface area contributed by atoms with Crippen LogP contribution in [0.15, 0.2) is 12.1 Å². The maximum atomic E-state index is 14.5. The summed E-state index contributed by atoms with van der Waals surface area (Å²) in [6, 6.07) is 3.14. The number of alkyl halides is 1. The van der Waals surface area contributed by atoms with Gasteiger partial charge in [-0.3, -0.25) is 9.69 Å². The van der Waals surface area contributed by atoms with E-state index >= 15 is 0 Å². The van der Waals surface area contributed by atoms with Crippen LogP contribution in [0, 0.1) is 5.82 Å². The van der Waals surface area contributed by atoms with Gasteiger partial charge in [-0.05, 0) is 12.0 Å². The number of esters is 1. The van der Waals surface area contributed by atoms with Crippen LogP contribution in [-0.4, -0.2) is 51.8 Å². The molecular formula is C15H16BF2NO3. The van der Waals surface area contributed by atoms with E-state index in [9.17, 15) is 13.6 Å². The van der Waals surface area contributed by atoms with Crippen molar-refractivity contribution in [3.05, 3.63) is 29.1 Å². The number of nitrogens with zero attached hydrogens (tertiary/aromatic N) is 1. The lowest BCUT2D eigenvalue weighted by atomic mass is 9.83. The first kappa shape index (κ1) is 15.4. The van der Waals surface area contributed by atoms with E-state index in [-0.39, 0.29) is 43.9 Å². The number of carbonyl (C=O) groups excluding carboxylic acids is 1. The van der Waals surface area contributed by atoms with Crippen LogP contribution in [0.25, 0.3) is 0 Å². The van der Waals surface area contributed by atoms with E-state index in [1.165, 1.54) is 13.2 Å². The molecule has 4 nitrogen and oxygen atoms in total. The number of ether oxygens (including phenoxy) is 2. The zero-order valence-electron chi connectivity index (χ0n) is 12.3. The predicted molar refractivity (Wildman–Crippen MR) is 76.2 cm³/mol. The van der Waals surface area contributed by atoms with E-state index in [0.717, 1.165) is 0 Å². The van der Waals surface area contributed by atoms with E-state index < -0.39 is 23.4 Å². The molecule has 1 heterocycles. The summed E-state index contributed by atoms with van der Waals surface area (Å²) in [5.41, 5.74) is -0.0523. The Bertz CT molecular complexity index is 613. The Kier molecular flexibility index (Phi) is 3.95.